The molecule has 2 N–H and O–H groups in total. The minimum Gasteiger partial charge on any atom is -0.397 e. The standard InChI is InChI=1S/C10H12N4O3S/c1-6(18(2,15)16)9-13-10(17-14-9)7-3-8(11)5-12-4-7/h3-6H,11H2,1-2H3. The van der Waals surface area contributed by atoms with Crippen LogP contribution in [-0.4, -0.2) is 29.8 Å². The third-order valence-electron chi connectivity index (χ3n) is 2.45. The summed E-state index contributed by atoms with van der Waals surface area (Å²) in [5.74, 6) is 0.315. The highest BCUT2D eigenvalue weighted by atomic mass is 32.2. The van der Waals surface area contributed by atoms with Gasteiger partial charge in [0.15, 0.2) is 15.7 Å². The normalized spacial score (nSPS) is 13.4. The fraction of sp³-hybridized carbons (Fsp3) is 0.300. The average molecular weight is 268 g/mol. The second kappa shape index (κ2) is 4.37. The molecule has 0 aromatic carbocycles. The average Bonchev–Trinajstić information content (AvgIpc) is 2.75. The molecule has 0 radical (unpaired) electrons. The molecule has 8 heteroatoms. The molecule has 0 fully saturated rings. The van der Waals surface area contributed by atoms with Crippen molar-refractivity contribution in [3.63, 3.8) is 0 Å². The number of hydrogen-bond acceptors (Lipinski definition) is 7. The van der Waals surface area contributed by atoms with Crippen LogP contribution in [0.2, 0.25) is 0 Å². The summed E-state index contributed by atoms with van der Waals surface area (Å²) in [4.78, 5) is 7.93. The minimum absolute atomic E-state index is 0.120. The molecule has 7 nitrogen and oxygen atoms in total. The van der Waals surface area contributed by atoms with E-state index < -0.39 is 15.1 Å². The summed E-state index contributed by atoms with van der Waals surface area (Å²) in [6.07, 6.45) is 4.12. The van der Waals surface area contributed by atoms with Crippen molar-refractivity contribution in [3.05, 3.63) is 24.3 Å². The van der Waals surface area contributed by atoms with Gasteiger partial charge in [-0.2, -0.15) is 4.98 Å². The molecule has 1 unspecified atom stereocenters. The predicted octanol–water partition coefficient (Wildman–Crippen LogP) is 0.819. The topological polar surface area (TPSA) is 112 Å². The smallest absolute Gasteiger partial charge is 0.259 e. The molecule has 2 rings (SSSR count). The van der Waals surface area contributed by atoms with Gasteiger partial charge >= 0.3 is 0 Å². The van der Waals surface area contributed by atoms with E-state index in [0.29, 0.717) is 11.3 Å². The Labute approximate surface area is 104 Å². The number of rotatable bonds is 3. The van der Waals surface area contributed by atoms with Crippen molar-refractivity contribution < 1.29 is 12.9 Å². The van der Waals surface area contributed by atoms with Gasteiger partial charge in [0.05, 0.1) is 11.3 Å². The molecule has 0 amide bonds. The first kappa shape index (κ1) is 12.5. The monoisotopic (exact) mass is 268 g/mol. The number of aromatic nitrogens is 3. The first-order chi connectivity index (χ1) is 8.38. The van der Waals surface area contributed by atoms with E-state index in [-0.39, 0.29) is 11.7 Å². The highest BCUT2D eigenvalue weighted by molar-refractivity contribution is 7.90. The maximum Gasteiger partial charge on any atom is 0.259 e. The molecule has 2 aromatic heterocycles. The van der Waals surface area contributed by atoms with E-state index >= 15 is 0 Å². The molecule has 0 saturated carbocycles. The quantitative estimate of drug-likeness (QED) is 0.876. The van der Waals surface area contributed by atoms with Gasteiger partial charge in [0.25, 0.3) is 5.89 Å². The maximum absolute atomic E-state index is 11.4. The van der Waals surface area contributed by atoms with Gasteiger partial charge in [0, 0.05) is 18.6 Å². The lowest BCUT2D eigenvalue weighted by Crippen LogP contribution is -2.09. The van der Waals surface area contributed by atoms with E-state index in [1.807, 2.05) is 0 Å². The van der Waals surface area contributed by atoms with Crippen molar-refractivity contribution in [2.45, 2.75) is 12.2 Å². The second-order valence-electron chi connectivity index (χ2n) is 3.94. The Balaban J connectivity index is 2.37. The van der Waals surface area contributed by atoms with Gasteiger partial charge in [0.1, 0.15) is 5.25 Å². The zero-order chi connectivity index (χ0) is 13.3. The summed E-state index contributed by atoms with van der Waals surface area (Å²) >= 11 is 0. The van der Waals surface area contributed by atoms with Crippen molar-refractivity contribution in [1.29, 1.82) is 0 Å². The number of hydrogen-bond donors (Lipinski definition) is 1. The first-order valence-electron chi connectivity index (χ1n) is 5.11. The number of anilines is 1. The van der Waals surface area contributed by atoms with Crippen molar-refractivity contribution in [3.8, 4) is 11.5 Å². The number of sulfone groups is 1. The summed E-state index contributed by atoms with van der Waals surface area (Å²) in [7, 11) is -3.26. The van der Waals surface area contributed by atoms with E-state index in [0.717, 1.165) is 6.26 Å². The number of nitrogen functional groups attached to an aromatic ring is 1. The van der Waals surface area contributed by atoms with Crippen molar-refractivity contribution in [2.75, 3.05) is 12.0 Å². The largest absolute Gasteiger partial charge is 0.397 e. The van der Waals surface area contributed by atoms with E-state index in [1.54, 1.807) is 6.07 Å². The van der Waals surface area contributed by atoms with Crippen LogP contribution in [0, 0.1) is 0 Å². The van der Waals surface area contributed by atoms with Crippen LogP contribution in [0.25, 0.3) is 11.5 Å². The highest BCUT2D eigenvalue weighted by Gasteiger charge is 2.23. The zero-order valence-electron chi connectivity index (χ0n) is 9.86. The molecule has 96 valence electrons. The van der Waals surface area contributed by atoms with Gasteiger partial charge in [-0.15, -0.1) is 0 Å². The summed E-state index contributed by atoms with van der Waals surface area (Å²) < 4.78 is 27.8. The summed E-state index contributed by atoms with van der Waals surface area (Å²) in [5, 5.41) is 2.84. The van der Waals surface area contributed by atoms with E-state index in [9.17, 15) is 8.42 Å². The van der Waals surface area contributed by atoms with Gasteiger partial charge in [0.2, 0.25) is 0 Å². The maximum atomic E-state index is 11.4. The van der Waals surface area contributed by atoms with Crippen LogP contribution in [0.1, 0.15) is 18.0 Å². The molecule has 0 bridgehead atoms. The molecular formula is C10H12N4O3S. The summed E-state index contributed by atoms with van der Waals surface area (Å²) in [6, 6.07) is 1.62. The zero-order valence-corrected chi connectivity index (χ0v) is 10.7. The Hall–Kier alpha value is -1.96. The number of nitrogens with zero attached hydrogens (tertiary/aromatic N) is 3. The molecule has 0 aliphatic rings. The van der Waals surface area contributed by atoms with Crippen molar-refractivity contribution in [2.24, 2.45) is 0 Å². The number of pyridine rings is 1. The Morgan fingerprint density at radius 3 is 2.72 bits per heavy atom. The van der Waals surface area contributed by atoms with E-state index in [4.69, 9.17) is 10.3 Å². The van der Waals surface area contributed by atoms with Crippen LogP contribution in [0.4, 0.5) is 5.69 Å². The summed E-state index contributed by atoms with van der Waals surface area (Å²) in [5.41, 5.74) is 6.60. The van der Waals surface area contributed by atoms with Crippen LogP contribution in [0.3, 0.4) is 0 Å². The molecule has 18 heavy (non-hydrogen) atoms. The lowest BCUT2D eigenvalue weighted by molar-refractivity contribution is 0.421. The van der Waals surface area contributed by atoms with Crippen molar-refractivity contribution >= 4 is 15.5 Å². The van der Waals surface area contributed by atoms with E-state index in [1.165, 1.54) is 19.3 Å². The Morgan fingerprint density at radius 2 is 2.11 bits per heavy atom. The van der Waals surface area contributed by atoms with E-state index in [2.05, 4.69) is 15.1 Å². The molecule has 0 saturated heterocycles. The van der Waals surface area contributed by atoms with Crippen LogP contribution in [0.15, 0.2) is 23.0 Å². The van der Waals surface area contributed by atoms with Crippen LogP contribution in [0.5, 0.6) is 0 Å². The van der Waals surface area contributed by atoms with Crippen molar-refractivity contribution in [1.82, 2.24) is 15.1 Å². The third kappa shape index (κ3) is 2.48. The molecule has 2 heterocycles. The Kier molecular flexibility index (Phi) is 3.04. The molecule has 0 aliphatic carbocycles. The Morgan fingerprint density at radius 1 is 1.39 bits per heavy atom. The molecule has 1 atom stereocenters. The second-order valence-corrected chi connectivity index (χ2v) is 6.30. The van der Waals surface area contributed by atoms with Gasteiger partial charge in [-0.1, -0.05) is 5.16 Å². The van der Waals surface area contributed by atoms with Gasteiger partial charge < -0.3 is 10.3 Å². The Bertz CT molecular complexity index is 665. The van der Waals surface area contributed by atoms with Crippen LogP contribution < -0.4 is 5.73 Å². The van der Waals surface area contributed by atoms with Crippen LogP contribution in [-0.2, 0) is 9.84 Å². The molecule has 0 spiro atoms. The molecule has 2 aromatic rings. The lowest BCUT2D eigenvalue weighted by atomic mass is 10.2. The molecular weight excluding hydrogens is 256 g/mol. The van der Waals surface area contributed by atoms with Gasteiger partial charge in [-0.3, -0.25) is 4.98 Å². The van der Waals surface area contributed by atoms with Gasteiger partial charge in [-0.25, -0.2) is 8.42 Å². The highest BCUT2D eigenvalue weighted by Crippen LogP contribution is 2.23. The molecule has 0 aliphatic heterocycles. The predicted molar refractivity (Wildman–Crippen MR) is 65.2 cm³/mol. The fourth-order valence-electron chi connectivity index (χ4n) is 1.28. The minimum atomic E-state index is -3.26. The first-order valence-corrected chi connectivity index (χ1v) is 7.07. The van der Waals surface area contributed by atoms with Crippen LogP contribution >= 0.6 is 0 Å². The fourth-order valence-corrected chi connectivity index (χ4v) is 1.76. The SMILES string of the molecule is CC(c1noc(-c2cncc(N)c2)n1)S(C)(=O)=O. The summed E-state index contributed by atoms with van der Waals surface area (Å²) in [6.45, 7) is 1.50. The lowest BCUT2D eigenvalue weighted by Gasteiger charge is -2.01. The van der Waals surface area contributed by atoms with Gasteiger partial charge in [-0.05, 0) is 13.0 Å². The number of nitrogens with two attached hydrogens (primary N) is 1. The third-order valence-corrected chi connectivity index (χ3v) is 3.95.